The van der Waals surface area contributed by atoms with E-state index in [2.05, 4.69) is 0 Å². The molecular formula is C18H11ClN2O2S. The van der Waals surface area contributed by atoms with Crippen molar-refractivity contribution in [1.82, 2.24) is 4.90 Å². The summed E-state index contributed by atoms with van der Waals surface area (Å²) in [6, 6.07) is 15.6. The van der Waals surface area contributed by atoms with Crippen LogP contribution in [0.15, 0.2) is 64.5 Å². The number of thioether (sulfide) groups is 1. The number of halogens is 1. The van der Waals surface area contributed by atoms with E-state index in [1.165, 1.54) is 22.7 Å². The van der Waals surface area contributed by atoms with Gasteiger partial charge < -0.3 is 0 Å². The molecule has 0 atom stereocenters. The average molecular weight is 355 g/mol. The predicted molar refractivity (Wildman–Crippen MR) is 92.8 cm³/mol. The maximum absolute atomic E-state index is 12.7. The number of rotatable bonds is 3. The summed E-state index contributed by atoms with van der Waals surface area (Å²) in [5.74, 6) is -0.503. The Balaban J connectivity index is 1.92. The smallest absolute Gasteiger partial charge is 0.260 e. The molecule has 0 fully saturated rings. The SMILES string of the molecule is N#C/C=C1/Sc2ccccc2C(=O)N1CC(=O)c1ccc(Cl)cc1. The number of nitrogens with zero attached hydrogens (tertiary/aromatic N) is 2. The highest BCUT2D eigenvalue weighted by Gasteiger charge is 2.30. The van der Waals surface area contributed by atoms with Crippen molar-refractivity contribution in [3.63, 3.8) is 0 Å². The van der Waals surface area contributed by atoms with Gasteiger partial charge in [0.1, 0.15) is 0 Å². The molecule has 6 heteroatoms. The summed E-state index contributed by atoms with van der Waals surface area (Å²) in [5.41, 5.74) is 0.994. The average Bonchev–Trinajstić information content (AvgIpc) is 2.59. The zero-order valence-electron chi connectivity index (χ0n) is 12.4. The Morgan fingerprint density at radius 2 is 1.92 bits per heavy atom. The van der Waals surface area contributed by atoms with E-state index in [-0.39, 0.29) is 18.2 Å². The van der Waals surface area contributed by atoms with Crippen molar-refractivity contribution in [1.29, 1.82) is 5.26 Å². The van der Waals surface area contributed by atoms with Crippen LogP contribution in [0.3, 0.4) is 0 Å². The number of fused-ring (bicyclic) bond motifs is 1. The molecule has 0 radical (unpaired) electrons. The van der Waals surface area contributed by atoms with Crippen LogP contribution < -0.4 is 0 Å². The van der Waals surface area contributed by atoms with E-state index in [0.29, 0.717) is 21.2 Å². The fraction of sp³-hybridized carbons (Fsp3) is 0.0556. The highest BCUT2D eigenvalue weighted by atomic mass is 35.5. The predicted octanol–water partition coefficient (Wildman–Crippen LogP) is 4.14. The normalized spacial score (nSPS) is 15.1. The second-order valence-electron chi connectivity index (χ2n) is 5.03. The van der Waals surface area contributed by atoms with Gasteiger partial charge in [-0.2, -0.15) is 5.26 Å². The molecule has 1 amide bonds. The van der Waals surface area contributed by atoms with E-state index in [4.69, 9.17) is 16.9 Å². The second-order valence-corrected chi connectivity index (χ2v) is 6.53. The molecule has 4 nitrogen and oxygen atoms in total. The Morgan fingerprint density at radius 1 is 1.21 bits per heavy atom. The third-order valence-electron chi connectivity index (χ3n) is 3.50. The molecule has 3 rings (SSSR count). The number of carbonyl (C=O) groups is 2. The molecule has 1 aliphatic rings. The number of Topliss-reactive ketones (excluding diaryl/α,β-unsaturated/α-hetero) is 1. The molecule has 0 saturated carbocycles. The van der Waals surface area contributed by atoms with Gasteiger partial charge in [0, 0.05) is 21.6 Å². The lowest BCUT2D eigenvalue weighted by Crippen LogP contribution is -2.36. The van der Waals surface area contributed by atoms with Gasteiger partial charge in [-0.05, 0) is 36.4 Å². The molecule has 0 aromatic heterocycles. The fourth-order valence-electron chi connectivity index (χ4n) is 2.33. The standard InChI is InChI=1S/C18H11ClN2O2S/c19-13-7-5-12(6-8-13)15(22)11-21-17(9-10-20)24-16-4-2-1-3-14(16)18(21)23/h1-9H,11H2/b17-9+. The van der Waals surface area contributed by atoms with Crippen LogP contribution in [0.2, 0.25) is 5.02 Å². The van der Waals surface area contributed by atoms with Gasteiger partial charge in [0.25, 0.3) is 5.91 Å². The van der Waals surface area contributed by atoms with Gasteiger partial charge in [0.2, 0.25) is 0 Å². The lowest BCUT2D eigenvalue weighted by molar-refractivity contribution is 0.0763. The molecule has 0 saturated heterocycles. The molecule has 0 spiro atoms. The first-order valence-corrected chi connectivity index (χ1v) is 8.27. The zero-order valence-corrected chi connectivity index (χ0v) is 14.0. The summed E-state index contributed by atoms with van der Waals surface area (Å²) in [6.45, 7) is -0.130. The van der Waals surface area contributed by atoms with Crippen LogP contribution in [-0.4, -0.2) is 23.1 Å². The molecule has 2 aromatic carbocycles. The third-order valence-corrected chi connectivity index (χ3v) is 4.87. The number of nitriles is 1. The number of hydrogen-bond acceptors (Lipinski definition) is 4. The lowest BCUT2D eigenvalue weighted by atomic mass is 10.1. The van der Waals surface area contributed by atoms with Gasteiger partial charge in [-0.3, -0.25) is 14.5 Å². The van der Waals surface area contributed by atoms with Crippen LogP contribution in [0.1, 0.15) is 20.7 Å². The molecule has 2 aromatic rings. The summed E-state index contributed by atoms with van der Waals surface area (Å²) in [7, 11) is 0. The zero-order chi connectivity index (χ0) is 17.1. The van der Waals surface area contributed by atoms with Crippen LogP contribution in [0.4, 0.5) is 0 Å². The van der Waals surface area contributed by atoms with Crippen molar-refractivity contribution in [3.05, 3.63) is 75.8 Å². The highest BCUT2D eigenvalue weighted by molar-refractivity contribution is 8.03. The molecule has 1 heterocycles. The van der Waals surface area contributed by atoms with Crippen molar-refractivity contribution in [2.24, 2.45) is 0 Å². The Bertz CT molecular complexity index is 885. The van der Waals surface area contributed by atoms with Crippen molar-refractivity contribution >= 4 is 35.1 Å². The van der Waals surface area contributed by atoms with Crippen molar-refractivity contribution < 1.29 is 9.59 Å². The summed E-state index contributed by atoms with van der Waals surface area (Å²) >= 11 is 7.13. The monoisotopic (exact) mass is 354 g/mol. The van der Waals surface area contributed by atoms with Gasteiger partial charge in [-0.1, -0.05) is 35.5 Å². The van der Waals surface area contributed by atoms with E-state index in [1.54, 1.807) is 36.4 Å². The minimum Gasteiger partial charge on any atom is -0.294 e. The summed E-state index contributed by atoms with van der Waals surface area (Å²) < 4.78 is 0. The minimum atomic E-state index is -0.284. The van der Waals surface area contributed by atoms with Gasteiger partial charge in [0.05, 0.1) is 23.2 Å². The first-order chi connectivity index (χ1) is 11.6. The molecule has 0 aliphatic carbocycles. The first-order valence-electron chi connectivity index (χ1n) is 7.07. The van der Waals surface area contributed by atoms with Gasteiger partial charge >= 0.3 is 0 Å². The van der Waals surface area contributed by atoms with Crippen molar-refractivity contribution in [2.45, 2.75) is 4.90 Å². The van der Waals surface area contributed by atoms with Crippen LogP contribution in [0, 0.1) is 11.3 Å². The van der Waals surface area contributed by atoms with E-state index in [1.807, 2.05) is 18.2 Å². The number of benzene rings is 2. The Morgan fingerprint density at radius 3 is 2.62 bits per heavy atom. The van der Waals surface area contributed by atoms with E-state index in [0.717, 1.165) is 4.90 Å². The number of ketones is 1. The third kappa shape index (κ3) is 3.21. The number of hydrogen-bond donors (Lipinski definition) is 0. The van der Waals surface area contributed by atoms with E-state index in [9.17, 15) is 9.59 Å². The van der Waals surface area contributed by atoms with Crippen molar-refractivity contribution in [3.8, 4) is 6.07 Å². The second kappa shape index (κ2) is 6.91. The molecular weight excluding hydrogens is 344 g/mol. The fourth-order valence-corrected chi connectivity index (χ4v) is 3.46. The lowest BCUT2D eigenvalue weighted by Gasteiger charge is -2.29. The number of amides is 1. The number of allylic oxidation sites excluding steroid dienone is 1. The molecule has 0 bridgehead atoms. The minimum absolute atomic E-state index is 0.130. The van der Waals surface area contributed by atoms with Gasteiger partial charge in [0.15, 0.2) is 5.78 Å². The van der Waals surface area contributed by atoms with Crippen LogP contribution in [0.25, 0.3) is 0 Å². The quantitative estimate of drug-likeness (QED) is 0.614. The van der Waals surface area contributed by atoms with Crippen LogP contribution >= 0.6 is 23.4 Å². The van der Waals surface area contributed by atoms with Gasteiger partial charge in [-0.25, -0.2) is 0 Å². The molecule has 118 valence electrons. The highest BCUT2D eigenvalue weighted by Crippen LogP contribution is 2.38. The van der Waals surface area contributed by atoms with Gasteiger partial charge in [-0.15, -0.1) is 0 Å². The molecule has 24 heavy (non-hydrogen) atoms. The van der Waals surface area contributed by atoms with E-state index < -0.39 is 0 Å². The Labute approximate surface area is 148 Å². The number of carbonyl (C=O) groups excluding carboxylic acids is 2. The summed E-state index contributed by atoms with van der Waals surface area (Å²) in [5, 5.41) is 9.96. The van der Waals surface area contributed by atoms with Crippen LogP contribution in [-0.2, 0) is 0 Å². The maximum atomic E-state index is 12.7. The Hall–Kier alpha value is -2.55. The topological polar surface area (TPSA) is 61.2 Å². The largest absolute Gasteiger partial charge is 0.294 e. The summed E-state index contributed by atoms with van der Waals surface area (Å²) in [4.78, 5) is 27.3. The van der Waals surface area contributed by atoms with E-state index >= 15 is 0 Å². The first kappa shape index (κ1) is 16.3. The Kier molecular flexibility index (Phi) is 4.70. The molecule has 0 unspecified atom stereocenters. The summed E-state index contributed by atoms with van der Waals surface area (Å²) in [6.07, 6.45) is 1.29. The molecule has 1 aliphatic heterocycles. The maximum Gasteiger partial charge on any atom is 0.260 e. The van der Waals surface area contributed by atoms with Crippen molar-refractivity contribution in [2.75, 3.05) is 6.54 Å². The molecule has 0 N–H and O–H groups in total. The van der Waals surface area contributed by atoms with Crippen LogP contribution in [0.5, 0.6) is 0 Å².